The maximum Gasteiger partial charge on any atom is 0.127 e. The van der Waals surface area contributed by atoms with E-state index >= 15 is 0 Å². The Labute approximate surface area is 159 Å². The molecule has 2 heterocycles. The minimum Gasteiger partial charge on any atom is -0.496 e. The molecule has 0 aliphatic carbocycles. The zero-order valence-corrected chi connectivity index (χ0v) is 16.1. The summed E-state index contributed by atoms with van der Waals surface area (Å²) in [6, 6.07) is 15.6. The lowest BCUT2D eigenvalue weighted by molar-refractivity contribution is -0.0565. The van der Waals surface area contributed by atoms with Gasteiger partial charge < -0.3 is 14.2 Å². The van der Waals surface area contributed by atoms with Crippen LogP contribution in [-0.2, 0) is 9.47 Å². The van der Waals surface area contributed by atoms with E-state index in [9.17, 15) is 0 Å². The fourth-order valence-corrected chi connectivity index (χ4v) is 5.15. The molecule has 0 saturated carbocycles. The van der Waals surface area contributed by atoms with Gasteiger partial charge in [0, 0.05) is 32.2 Å². The summed E-state index contributed by atoms with van der Waals surface area (Å²) in [7, 11) is 5.37. The van der Waals surface area contributed by atoms with Gasteiger partial charge in [-0.15, -0.1) is 0 Å². The summed E-state index contributed by atoms with van der Waals surface area (Å²) >= 11 is 0. The first-order valence-corrected chi connectivity index (χ1v) is 9.60. The lowest BCUT2D eigenvalue weighted by Crippen LogP contribution is -2.40. The van der Waals surface area contributed by atoms with Crippen molar-refractivity contribution in [2.45, 2.75) is 31.2 Å². The van der Waals surface area contributed by atoms with Crippen LogP contribution in [0.15, 0.2) is 42.5 Å². The first-order chi connectivity index (χ1) is 13.3. The minimum absolute atomic E-state index is 0.00534. The number of benzene rings is 3. The van der Waals surface area contributed by atoms with Gasteiger partial charge in [0.25, 0.3) is 0 Å². The second-order valence-electron chi connectivity index (χ2n) is 7.50. The summed E-state index contributed by atoms with van der Waals surface area (Å²) in [5, 5.41) is 4.89. The standard InChI is InChI=1S/C23H25NO3/c1-25-19-12-14-6-4-5-7-15(14)16-8-9-17-18-10-11-21(27-3)24(18)13-20(26-2)23(17)22(16)19/h4-9,12,18,20-21H,10-11,13H2,1-3H3. The molecule has 3 atom stereocenters. The molecule has 4 nitrogen and oxygen atoms in total. The maximum absolute atomic E-state index is 5.99. The molecule has 3 aromatic carbocycles. The Kier molecular flexibility index (Phi) is 4.08. The zero-order valence-electron chi connectivity index (χ0n) is 16.1. The van der Waals surface area contributed by atoms with Gasteiger partial charge in [0.15, 0.2) is 0 Å². The quantitative estimate of drug-likeness (QED) is 0.625. The van der Waals surface area contributed by atoms with Crippen molar-refractivity contribution < 1.29 is 14.2 Å². The fraction of sp³-hybridized carbons (Fsp3) is 0.391. The second-order valence-corrected chi connectivity index (χ2v) is 7.50. The van der Waals surface area contributed by atoms with E-state index in [0.717, 1.165) is 25.1 Å². The first-order valence-electron chi connectivity index (χ1n) is 9.60. The van der Waals surface area contributed by atoms with Crippen LogP contribution >= 0.6 is 0 Å². The number of rotatable bonds is 3. The van der Waals surface area contributed by atoms with Crippen LogP contribution < -0.4 is 4.74 Å². The van der Waals surface area contributed by atoms with Gasteiger partial charge in [0.1, 0.15) is 12.0 Å². The predicted octanol–water partition coefficient (Wildman–Crippen LogP) is 4.81. The first kappa shape index (κ1) is 17.0. The van der Waals surface area contributed by atoms with Gasteiger partial charge >= 0.3 is 0 Å². The summed E-state index contributed by atoms with van der Waals surface area (Å²) in [4.78, 5) is 2.45. The lowest BCUT2D eigenvalue weighted by Gasteiger charge is -2.39. The van der Waals surface area contributed by atoms with Crippen LogP contribution in [0.4, 0.5) is 0 Å². The highest BCUT2D eigenvalue weighted by molar-refractivity contribution is 6.12. The molecule has 0 radical (unpaired) electrons. The zero-order chi connectivity index (χ0) is 18.5. The Morgan fingerprint density at radius 2 is 1.78 bits per heavy atom. The number of hydrogen-bond acceptors (Lipinski definition) is 4. The Balaban J connectivity index is 1.83. The molecular formula is C23H25NO3. The van der Waals surface area contributed by atoms with Crippen molar-refractivity contribution in [3.05, 3.63) is 53.6 Å². The van der Waals surface area contributed by atoms with Gasteiger partial charge in [-0.05, 0) is 46.2 Å². The molecule has 5 rings (SSSR count). The van der Waals surface area contributed by atoms with Crippen LogP contribution in [0.25, 0.3) is 21.5 Å². The van der Waals surface area contributed by atoms with E-state index in [1.54, 1.807) is 21.3 Å². The number of hydrogen-bond donors (Lipinski definition) is 0. The molecule has 27 heavy (non-hydrogen) atoms. The third-order valence-electron chi connectivity index (χ3n) is 6.35. The van der Waals surface area contributed by atoms with Crippen molar-refractivity contribution in [1.82, 2.24) is 4.90 Å². The Morgan fingerprint density at radius 1 is 0.926 bits per heavy atom. The average Bonchev–Trinajstić information content (AvgIpc) is 3.14. The van der Waals surface area contributed by atoms with E-state index < -0.39 is 0 Å². The Morgan fingerprint density at radius 3 is 2.56 bits per heavy atom. The van der Waals surface area contributed by atoms with Crippen LogP contribution in [0.1, 0.15) is 36.1 Å². The molecule has 0 aromatic heterocycles. The number of nitrogens with zero attached hydrogens (tertiary/aromatic N) is 1. The fourth-order valence-electron chi connectivity index (χ4n) is 5.15. The van der Waals surface area contributed by atoms with Crippen LogP contribution in [0, 0.1) is 0 Å². The normalized spacial score (nSPS) is 24.9. The third kappa shape index (κ3) is 2.40. The molecule has 1 fully saturated rings. The highest BCUT2D eigenvalue weighted by Gasteiger charge is 2.42. The summed E-state index contributed by atoms with van der Waals surface area (Å²) in [6.07, 6.45) is 2.36. The van der Waals surface area contributed by atoms with Gasteiger partial charge in [-0.2, -0.15) is 0 Å². The second kappa shape index (κ2) is 6.48. The Hall–Kier alpha value is -2.14. The monoisotopic (exact) mass is 363 g/mol. The topological polar surface area (TPSA) is 30.9 Å². The minimum atomic E-state index is 0.00534. The lowest BCUT2D eigenvalue weighted by atomic mass is 9.85. The SMILES string of the molecule is COc1cc2ccccc2c2ccc3c(c12)C(OC)CN1C(OC)CCC31. The average molecular weight is 363 g/mol. The van der Waals surface area contributed by atoms with Gasteiger partial charge in [0.05, 0.1) is 13.2 Å². The third-order valence-corrected chi connectivity index (χ3v) is 6.35. The molecule has 1 saturated heterocycles. The maximum atomic E-state index is 5.99. The van der Waals surface area contributed by atoms with Gasteiger partial charge in [-0.25, -0.2) is 0 Å². The van der Waals surface area contributed by atoms with Crippen LogP contribution in [0.5, 0.6) is 5.75 Å². The summed E-state index contributed by atoms with van der Waals surface area (Å²) in [5.74, 6) is 0.928. The molecule has 0 spiro atoms. The molecule has 0 N–H and O–H groups in total. The molecule has 3 aromatic rings. The van der Waals surface area contributed by atoms with Gasteiger partial charge in [-0.1, -0.05) is 36.4 Å². The highest BCUT2D eigenvalue weighted by Crippen LogP contribution is 2.49. The van der Waals surface area contributed by atoms with Crippen molar-refractivity contribution in [1.29, 1.82) is 0 Å². The van der Waals surface area contributed by atoms with Gasteiger partial charge in [-0.3, -0.25) is 4.90 Å². The molecule has 0 bridgehead atoms. The van der Waals surface area contributed by atoms with Crippen molar-refractivity contribution in [3.8, 4) is 5.75 Å². The molecule has 0 amide bonds. The van der Waals surface area contributed by atoms with E-state index in [2.05, 4.69) is 47.4 Å². The van der Waals surface area contributed by atoms with Crippen molar-refractivity contribution in [2.24, 2.45) is 0 Å². The molecular weight excluding hydrogens is 338 g/mol. The summed E-state index contributed by atoms with van der Waals surface area (Å²) < 4.78 is 17.6. The molecule has 2 aliphatic rings. The number of ether oxygens (including phenoxy) is 3. The van der Waals surface area contributed by atoms with Crippen molar-refractivity contribution in [2.75, 3.05) is 27.9 Å². The predicted molar refractivity (Wildman–Crippen MR) is 107 cm³/mol. The molecule has 140 valence electrons. The summed E-state index contributed by atoms with van der Waals surface area (Å²) in [5.41, 5.74) is 2.64. The summed E-state index contributed by atoms with van der Waals surface area (Å²) in [6.45, 7) is 0.849. The largest absolute Gasteiger partial charge is 0.496 e. The highest BCUT2D eigenvalue weighted by atomic mass is 16.5. The molecule has 4 heteroatoms. The molecule has 2 aliphatic heterocycles. The molecule has 3 unspecified atom stereocenters. The number of methoxy groups -OCH3 is 3. The smallest absolute Gasteiger partial charge is 0.127 e. The Bertz CT molecular complexity index is 1020. The van der Waals surface area contributed by atoms with E-state index in [4.69, 9.17) is 14.2 Å². The van der Waals surface area contributed by atoms with E-state index in [1.807, 2.05) is 0 Å². The van der Waals surface area contributed by atoms with Crippen molar-refractivity contribution >= 4 is 21.5 Å². The number of fused-ring (bicyclic) bond motifs is 7. The van der Waals surface area contributed by atoms with Crippen LogP contribution in [0.2, 0.25) is 0 Å². The van der Waals surface area contributed by atoms with Crippen LogP contribution in [0.3, 0.4) is 0 Å². The van der Waals surface area contributed by atoms with Crippen molar-refractivity contribution in [3.63, 3.8) is 0 Å². The van der Waals surface area contributed by atoms with E-state index in [1.165, 1.54) is 32.7 Å². The van der Waals surface area contributed by atoms with E-state index in [-0.39, 0.29) is 12.3 Å². The van der Waals surface area contributed by atoms with E-state index in [0.29, 0.717) is 6.04 Å². The van der Waals surface area contributed by atoms with Crippen LogP contribution in [-0.4, -0.2) is 39.0 Å². The van der Waals surface area contributed by atoms with Gasteiger partial charge in [0.2, 0.25) is 0 Å².